The van der Waals surface area contributed by atoms with E-state index in [1.54, 1.807) is 38.4 Å². The predicted molar refractivity (Wildman–Crippen MR) is 96.8 cm³/mol. The molecule has 0 spiro atoms. The number of pyridine rings is 1. The minimum atomic E-state index is -4.04. The smallest absolute Gasteiger partial charge is 0.245 e. The van der Waals surface area contributed by atoms with E-state index < -0.39 is 21.9 Å². The van der Waals surface area contributed by atoms with Crippen LogP contribution in [0.2, 0.25) is 5.02 Å². The van der Waals surface area contributed by atoms with E-state index in [1.807, 2.05) is 0 Å². The van der Waals surface area contributed by atoms with Gasteiger partial charge in [0.25, 0.3) is 0 Å². The lowest BCUT2D eigenvalue weighted by Crippen LogP contribution is -2.32. The number of nitrogens with zero attached hydrogens (tertiary/aromatic N) is 3. The molecule has 0 radical (unpaired) electrons. The topological polar surface area (TPSA) is 98.0 Å². The van der Waals surface area contributed by atoms with Crippen molar-refractivity contribution in [3.8, 4) is 11.4 Å². The minimum Gasteiger partial charge on any atom is -0.337 e. The Morgan fingerprint density at radius 3 is 2.52 bits per heavy atom. The number of hydrogen-bond donors (Lipinski definition) is 1. The maximum atomic E-state index is 13.2. The van der Waals surface area contributed by atoms with Gasteiger partial charge in [0.15, 0.2) is 0 Å². The first-order valence-electron chi connectivity index (χ1n) is 7.99. The maximum Gasteiger partial charge on any atom is 0.245 e. The van der Waals surface area contributed by atoms with Crippen LogP contribution >= 0.6 is 11.6 Å². The Balaban J connectivity index is 1.92. The van der Waals surface area contributed by atoms with Crippen LogP contribution in [0.4, 0.5) is 4.39 Å². The summed E-state index contributed by atoms with van der Waals surface area (Å²) >= 11 is 5.89. The monoisotopic (exact) mass is 410 g/mol. The molecule has 0 fully saturated rings. The van der Waals surface area contributed by atoms with Crippen LogP contribution in [0.25, 0.3) is 11.4 Å². The Bertz CT molecular complexity index is 1040. The number of rotatable bonds is 6. The second-order valence-electron chi connectivity index (χ2n) is 6.11. The van der Waals surface area contributed by atoms with Crippen molar-refractivity contribution in [1.82, 2.24) is 19.8 Å². The van der Waals surface area contributed by atoms with E-state index in [2.05, 4.69) is 19.8 Å². The molecule has 0 bridgehead atoms. The molecule has 2 heterocycles. The third kappa shape index (κ3) is 4.32. The van der Waals surface area contributed by atoms with Crippen LogP contribution in [0.15, 0.2) is 52.1 Å². The highest BCUT2D eigenvalue weighted by Gasteiger charge is 2.30. The molecule has 3 aromatic rings. The second kappa shape index (κ2) is 7.71. The number of aromatic nitrogens is 3. The van der Waals surface area contributed by atoms with Gasteiger partial charge in [-0.25, -0.2) is 12.8 Å². The highest BCUT2D eigenvalue weighted by molar-refractivity contribution is 7.89. The number of sulfonamides is 1. The van der Waals surface area contributed by atoms with Crippen molar-refractivity contribution in [2.45, 2.75) is 24.8 Å². The first-order chi connectivity index (χ1) is 12.8. The van der Waals surface area contributed by atoms with Gasteiger partial charge < -0.3 is 4.52 Å². The van der Waals surface area contributed by atoms with Gasteiger partial charge in [-0.15, -0.1) is 0 Å². The summed E-state index contributed by atoms with van der Waals surface area (Å²) in [7, 11) is -4.04. The van der Waals surface area contributed by atoms with E-state index in [9.17, 15) is 12.8 Å². The third-order valence-electron chi connectivity index (χ3n) is 3.78. The van der Waals surface area contributed by atoms with Crippen molar-refractivity contribution in [1.29, 1.82) is 0 Å². The fourth-order valence-corrected chi connectivity index (χ4v) is 4.24. The molecule has 0 amide bonds. The molecule has 0 aliphatic carbocycles. The minimum absolute atomic E-state index is 0.110. The number of halogens is 2. The zero-order chi connectivity index (χ0) is 19.6. The first-order valence-corrected chi connectivity index (χ1v) is 9.85. The van der Waals surface area contributed by atoms with Gasteiger partial charge in [0.1, 0.15) is 16.8 Å². The second-order valence-corrected chi connectivity index (χ2v) is 8.20. The Morgan fingerprint density at radius 1 is 1.19 bits per heavy atom. The van der Waals surface area contributed by atoms with Crippen LogP contribution in [0.1, 0.15) is 25.8 Å². The maximum absolute atomic E-state index is 13.2. The van der Waals surface area contributed by atoms with E-state index in [0.717, 1.165) is 18.2 Å². The summed E-state index contributed by atoms with van der Waals surface area (Å²) in [6.45, 7) is 3.60. The number of hydrogen-bond acceptors (Lipinski definition) is 6. The van der Waals surface area contributed by atoms with Crippen LogP contribution in [0, 0.1) is 11.7 Å². The number of nitrogens with one attached hydrogen (secondary N) is 1. The van der Waals surface area contributed by atoms with Gasteiger partial charge in [0.05, 0.1) is 5.02 Å². The molecule has 27 heavy (non-hydrogen) atoms. The Hall–Kier alpha value is -2.36. The normalized spacial score (nSPS) is 13.1. The lowest BCUT2D eigenvalue weighted by Gasteiger charge is -2.19. The van der Waals surface area contributed by atoms with E-state index >= 15 is 0 Å². The lowest BCUT2D eigenvalue weighted by atomic mass is 10.1. The molecule has 0 saturated heterocycles. The van der Waals surface area contributed by atoms with Crippen LogP contribution in [-0.2, 0) is 10.0 Å². The largest absolute Gasteiger partial charge is 0.337 e. The Labute approximate surface area is 160 Å². The van der Waals surface area contributed by atoms with Gasteiger partial charge >= 0.3 is 0 Å². The Morgan fingerprint density at radius 2 is 1.89 bits per heavy atom. The molecule has 1 N–H and O–H groups in total. The average Bonchev–Trinajstić information content (AvgIpc) is 3.09. The molecule has 0 aliphatic rings. The van der Waals surface area contributed by atoms with Gasteiger partial charge in [-0.3, -0.25) is 4.98 Å². The molecule has 1 aromatic carbocycles. The SMILES string of the molecule is CC(C)C(NS(=O)(=O)c1ccc(F)cc1Cl)c1nc(-c2ccncc2)no1. The average molecular weight is 411 g/mol. The van der Waals surface area contributed by atoms with Crippen LogP contribution < -0.4 is 4.72 Å². The lowest BCUT2D eigenvalue weighted by molar-refractivity contribution is 0.311. The van der Waals surface area contributed by atoms with E-state index in [4.69, 9.17) is 16.1 Å². The fourth-order valence-electron chi connectivity index (χ4n) is 2.38. The van der Waals surface area contributed by atoms with E-state index in [-0.39, 0.29) is 21.7 Å². The molecule has 2 aromatic heterocycles. The predicted octanol–water partition coefficient (Wildman–Crippen LogP) is 3.60. The van der Waals surface area contributed by atoms with Crippen LogP contribution in [0.5, 0.6) is 0 Å². The van der Waals surface area contributed by atoms with Crippen LogP contribution in [-0.4, -0.2) is 23.5 Å². The molecule has 10 heteroatoms. The molecule has 1 unspecified atom stereocenters. The molecular weight excluding hydrogens is 395 g/mol. The van der Waals surface area contributed by atoms with Crippen molar-refractivity contribution in [2.24, 2.45) is 5.92 Å². The first kappa shape index (κ1) is 19.4. The highest BCUT2D eigenvalue weighted by Crippen LogP contribution is 2.28. The van der Waals surface area contributed by atoms with Crippen molar-refractivity contribution in [3.63, 3.8) is 0 Å². The van der Waals surface area contributed by atoms with Crippen molar-refractivity contribution >= 4 is 21.6 Å². The third-order valence-corrected chi connectivity index (χ3v) is 5.70. The van der Waals surface area contributed by atoms with E-state index in [0.29, 0.717) is 11.4 Å². The zero-order valence-electron chi connectivity index (χ0n) is 14.4. The summed E-state index contributed by atoms with van der Waals surface area (Å²) in [5.41, 5.74) is 0.687. The summed E-state index contributed by atoms with van der Waals surface area (Å²) < 4.78 is 46.4. The molecule has 1 atom stereocenters. The van der Waals surface area contributed by atoms with Gasteiger partial charge in [0, 0.05) is 18.0 Å². The zero-order valence-corrected chi connectivity index (χ0v) is 16.0. The molecule has 142 valence electrons. The van der Waals surface area contributed by atoms with Crippen LogP contribution in [0.3, 0.4) is 0 Å². The van der Waals surface area contributed by atoms with Crippen molar-refractivity contribution < 1.29 is 17.3 Å². The summed E-state index contributed by atoms with van der Waals surface area (Å²) in [6, 6.07) is 5.70. The standard InChI is InChI=1S/C17H16ClFN4O3S/c1-10(2)15(17-21-16(22-26-17)11-5-7-20-8-6-11)23-27(24,25)14-4-3-12(19)9-13(14)18/h3-10,15,23H,1-2H3. The number of benzene rings is 1. The highest BCUT2D eigenvalue weighted by atomic mass is 35.5. The van der Waals surface area contributed by atoms with Crippen molar-refractivity contribution in [3.05, 3.63) is 59.5 Å². The fraction of sp³-hybridized carbons (Fsp3) is 0.235. The Kier molecular flexibility index (Phi) is 5.54. The summed E-state index contributed by atoms with van der Waals surface area (Å²) in [6.07, 6.45) is 3.18. The molecule has 7 nitrogen and oxygen atoms in total. The van der Waals surface area contributed by atoms with Crippen molar-refractivity contribution in [2.75, 3.05) is 0 Å². The molecular formula is C17H16ClFN4O3S. The molecule has 0 aliphatic heterocycles. The van der Waals surface area contributed by atoms with Gasteiger partial charge in [-0.2, -0.15) is 9.71 Å². The summed E-state index contributed by atoms with van der Waals surface area (Å²) in [5, 5.41) is 3.68. The molecule has 3 rings (SSSR count). The summed E-state index contributed by atoms with van der Waals surface area (Å²) in [4.78, 5) is 7.98. The summed E-state index contributed by atoms with van der Waals surface area (Å²) in [5.74, 6) is -0.404. The van der Waals surface area contributed by atoms with E-state index in [1.165, 1.54) is 0 Å². The van der Waals surface area contributed by atoms with Gasteiger partial charge in [-0.05, 0) is 36.2 Å². The van der Waals surface area contributed by atoms with Gasteiger partial charge in [0.2, 0.25) is 21.7 Å². The van der Waals surface area contributed by atoms with Gasteiger partial charge in [-0.1, -0.05) is 30.6 Å². The molecule has 0 saturated carbocycles. The quantitative estimate of drug-likeness (QED) is 0.666.